The van der Waals surface area contributed by atoms with Crippen molar-refractivity contribution >= 4 is 11.9 Å². The molecule has 0 bridgehead atoms. The molecule has 0 aliphatic carbocycles. The minimum Gasteiger partial charge on any atom is -0.468 e. The molecule has 98 valence electrons. The number of carbonyl (C=O) groups is 2. The molecule has 3 atom stereocenters. The number of nitrogens with zero attached hydrogens (tertiary/aromatic N) is 1. The van der Waals surface area contributed by atoms with Gasteiger partial charge in [0.1, 0.15) is 12.1 Å². The number of aliphatic hydroxyl groups is 1. The topological polar surface area (TPSA) is 78.9 Å². The van der Waals surface area contributed by atoms with Crippen molar-refractivity contribution in [1.82, 2.24) is 10.2 Å². The molecule has 0 spiro atoms. The molecular formula is C11H20N2O4. The van der Waals surface area contributed by atoms with Crippen LogP contribution in [0.4, 0.5) is 0 Å². The molecule has 1 aliphatic rings. The first-order valence-corrected chi connectivity index (χ1v) is 5.76. The second-order valence-corrected chi connectivity index (χ2v) is 4.34. The van der Waals surface area contributed by atoms with E-state index in [9.17, 15) is 14.7 Å². The van der Waals surface area contributed by atoms with E-state index < -0.39 is 6.10 Å². The maximum atomic E-state index is 11.5. The van der Waals surface area contributed by atoms with Crippen LogP contribution < -0.4 is 5.32 Å². The molecule has 0 saturated carbocycles. The lowest BCUT2D eigenvalue weighted by atomic mass is 10.1. The minimum absolute atomic E-state index is 0.113. The maximum Gasteiger partial charge on any atom is 0.323 e. The Labute approximate surface area is 101 Å². The fourth-order valence-corrected chi connectivity index (χ4v) is 2.00. The number of ether oxygens (including phenoxy) is 1. The minimum atomic E-state index is -0.975. The van der Waals surface area contributed by atoms with E-state index in [0.29, 0.717) is 19.4 Å². The molecule has 6 nitrogen and oxygen atoms in total. The summed E-state index contributed by atoms with van der Waals surface area (Å²) in [5.74, 6) is -0.670. The third-order valence-corrected chi connectivity index (χ3v) is 3.06. The maximum absolute atomic E-state index is 11.5. The van der Waals surface area contributed by atoms with Gasteiger partial charge in [-0.3, -0.25) is 14.5 Å². The summed E-state index contributed by atoms with van der Waals surface area (Å²) in [5, 5.41) is 12.1. The average Bonchev–Trinajstić information content (AvgIpc) is 2.67. The summed E-state index contributed by atoms with van der Waals surface area (Å²) in [7, 11) is 3.16. The van der Waals surface area contributed by atoms with Gasteiger partial charge in [0, 0.05) is 12.6 Å². The van der Waals surface area contributed by atoms with E-state index in [1.54, 1.807) is 6.92 Å². The fourth-order valence-electron chi connectivity index (χ4n) is 2.00. The van der Waals surface area contributed by atoms with Crippen LogP contribution in [0, 0.1) is 0 Å². The van der Waals surface area contributed by atoms with Crippen molar-refractivity contribution in [2.75, 3.05) is 20.7 Å². The van der Waals surface area contributed by atoms with E-state index in [0.717, 1.165) is 0 Å². The number of likely N-dealkylation sites (N-methyl/N-ethyl adjacent to an activating group) is 1. The van der Waals surface area contributed by atoms with Gasteiger partial charge in [-0.25, -0.2) is 0 Å². The van der Waals surface area contributed by atoms with Crippen LogP contribution in [0.5, 0.6) is 0 Å². The summed E-state index contributed by atoms with van der Waals surface area (Å²) >= 11 is 0. The van der Waals surface area contributed by atoms with Crippen LogP contribution in [-0.2, 0) is 14.3 Å². The lowest BCUT2D eigenvalue weighted by Gasteiger charge is -2.15. The highest BCUT2D eigenvalue weighted by atomic mass is 16.5. The number of hydrogen-bond donors (Lipinski definition) is 2. The van der Waals surface area contributed by atoms with Gasteiger partial charge in [-0.15, -0.1) is 0 Å². The number of aliphatic hydroxyl groups excluding tert-OH is 1. The normalized spacial score (nSPS) is 26.6. The summed E-state index contributed by atoms with van der Waals surface area (Å²) in [6.07, 6.45) is -0.0716. The van der Waals surface area contributed by atoms with Crippen LogP contribution in [0.25, 0.3) is 0 Å². The number of hydrogen-bond acceptors (Lipinski definition) is 5. The smallest absolute Gasteiger partial charge is 0.323 e. The lowest BCUT2D eigenvalue weighted by Crippen LogP contribution is -2.42. The van der Waals surface area contributed by atoms with Crippen LogP contribution in [0.3, 0.4) is 0 Å². The van der Waals surface area contributed by atoms with E-state index in [1.165, 1.54) is 7.11 Å². The van der Waals surface area contributed by atoms with Crippen LogP contribution in [0.2, 0.25) is 0 Å². The number of rotatable bonds is 4. The van der Waals surface area contributed by atoms with Crippen molar-refractivity contribution in [2.24, 2.45) is 0 Å². The highest BCUT2D eigenvalue weighted by molar-refractivity contribution is 5.81. The largest absolute Gasteiger partial charge is 0.468 e. The molecule has 3 unspecified atom stereocenters. The number of nitrogens with one attached hydrogen (secondary N) is 1. The number of likely N-dealkylation sites (tertiary alicyclic amines) is 1. The quantitative estimate of drug-likeness (QED) is 0.628. The second kappa shape index (κ2) is 5.97. The van der Waals surface area contributed by atoms with Gasteiger partial charge in [-0.05, 0) is 19.9 Å². The van der Waals surface area contributed by atoms with E-state index in [2.05, 4.69) is 10.1 Å². The second-order valence-electron chi connectivity index (χ2n) is 4.34. The van der Waals surface area contributed by atoms with E-state index in [-0.39, 0.29) is 24.0 Å². The average molecular weight is 244 g/mol. The van der Waals surface area contributed by atoms with Crippen molar-refractivity contribution in [3.8, 4) is 0 Å². The molecule has 0 aromatic heterocycles. The summed E-state index contributed by atoms with van der Waals surface area (Å²) in [6.45, 7) is 2.32. The van der Waals surface area contributed by atoms with Gasteiger partial charge >= 0.3 is 5.97 Å². The Hall–Kier alpha value is -1.14. The molecule has 0 aromatic rings. The summed E-state index contributed by atoms with van der Waals surface area (Å²) in [6, 6.07) is -0.429. The molecule has 0 aromatic carbocycles. The van der Waals surface area contributed by atoms with Crippen molar-refractivity contribution in [3.63, 3.8) is 0 Å². The Bertz CT molecular complexity index is 295. The van der Waals surface area contributed by atoms with Gasteiger partial charge in [-0.2, -0.15) is 0 Å². The standard InChI is InChI=1S/C11H20N2O4/c1-4-9(14)10(15)12-7-5-8(11(16)17-3)13(2)6-7/h7-9,14H,4-6H2,1-3H3,(H,12,15). The Morgan fingerprint density at radius 3 is 2.76 bits per heavy atom. The highest BCUT2D eigenvalue weighted by Gasteiger charge is 2.36. The zero-order valence-electron chi connectivity index (χ0n) is 10.5. The molecule has 1 fully saturated rings. The van der Waals surface area contributed by atoms with E-state index in [4.69, 9.17) is 0 Å². The number of esters is 1. The highest BCUT2D eigenvalue weighted by Crippen LogP contribution is 2.17. The number of carbonyl (C=O) groups excluding carboxylic acids is 2. The van der Waals surface area contributed by atoms with E-state index in [1.807, 2.05) is 11.9 Å². The summed E-state index contributed by atoms with van der Waals surface area (Å²) < 4.78 is 4.68. The number of methoxy groups -OCH3 is 1. The molecule has 1 aliphatic heterocycles. The molecular weight excluding hydrogens is 224 g/mol. The van der Waals surface area contributed by atoms with Crippen LogP contribution >= 0.6 is 0 Å². The van der Waals surface area contributed by atoms with Gasteiger partial charge in [0.05, 0.1) is 7.11 Å². The third-order valence-electron chi connectivity index (χ3n) is 3.06. The molecule has 2 N–H and O–H groups in total. The lowest BCUT2D eigenvalue weighted by molar-refractivity contribution is -0.145. The summed E-state index contributed by atoms with van der Waals surface area (Å²) in [5.41, 5.74) is 0. The Morgan fingerprint density at radius 2 is 2.24 bits per heavy atom. The molecule has 6 heteroatoms. The first-order valence-electron chi connectivity index (χ1n) is 5.76. The SMILES string of the molecule is CCC(O)C(=O)NC1CC(C(=O)OC)N(C)C1. The first-order chi connectivity index (χ1) is 7.99. The fraction of sp³-hybridized carbons (Fsp3) is 0.818. The summed E-state index contributed by atoms with van der Waals surface area (Å²) in [4.78, 5) is 24.7. The van der Waals surface area contributed by atoms with Crippen LogP contribution in [0.1, 0.15) is 19.8 Å². The third kappa shape index (κ3) is 3.41. The zero-order valence-corrected chi connectivity index (χ0v) is 10.5. The molecule has 1 saturated heterocycles. The monoisotopic (exact) mass is 244 g/mol. The van der Waals surface area contributed by atoms with E-state index >= 15 is 0 Å². The van der Waals surface area contributed by atoms with Gasteiger partial charge in [0.15, 0.2) is 0 Å². The van der Waals surface area contributed by atoms with Crippen molar-refractivity contribution in [2.45, 2.75) is 38.0 Å². The predicted molar refractivity (Wildman–Crippen MR) is 61.3 cm³/mol. The van der Waals surface area contributed by atoms with Crippen molar-refractivity contribution in [3.05, 3.63) is 0 Å². The first kappa shape index (κ1) is 13.9. The molecule has 1 amide bonds. The van der Waals surface area contributed by atoms with Crippen LogP contribution in [-0.4, -0.2) is 60.8 Å². The molecule has 17 heavy (non-hydrogen) atoms. The zero-order chi connectivity index (χ0) is 13.0. The van der Waals surface area contributed by atoms with Crippen LogP contribution in [0.15, 0.2) is 0 Å². The van der Waals surface area contributed by atoms with Gasteiger partial charge < -0.3 is 15.2 Å². The van der Waals surface area contributed by atoms with Crippen molar-refractivity contribution in [1.29, 1.82) is 0 Å². The Balaban J connectivity index is 2.49. The number of amides is 1. The van der Waals surface area contributed by atoms with Crippen molar-refractivity contribution < 1.29 is 19.4 Å². The molecule has 0 radical (unpaired) electrons. The van der Waals surface area contributed by atoms with Gasteiger partial charge in [-0.1, -0.05) is 6.92 Å². The molecule has 1 rings (SSSR count). The predicted octanol–water partition coefficient (Wildman–Crippen LogP) is -0.881. The molecule has 1 heterocycles. The van der Waals surface area contributed by atoms with Gasteiger partial charge in [0.25, 0.3) is 0 Å². The Kier molecular flexibility index (Phi) is 4.89. The Morgan fingerprint density at radius 1 is 1.59 bits per heavy atom. The van der Waals surface area contributed by atoms with Gasteiger partial charge in [0.2, 0.25) is 5.91 Å².